The van der Waals surface area contributed by atoms with E-state index < -0.39 is 11.7 Å². The van der Waals surface area contributed by atoms with Crippen LogP contribution in [-0.2, 0) is 0 Å². The molecule has 1 aromatic heterocycles. The molecular weight excluding hydrogens is 320 g/mol. The van der Waals surface area contributed by atoms with Gasteiger partial charge in [-0.05, 0) is 50.0 Å². The van der Waals surface area contributed by atoms with Gasteiger partial charge in [-0.2, -0.15) is 0 Å². The maximum Gasteiger partial charge on any atom is 0.339 e. The van der Waals surface area contributed by atoms with E-state index in [1.54, 1.807) is 19.1 Å². The van der Waals surface area contributed by atoms with Crippen LogP contribution in [0, 0.1) is 6.92 Å². The minimum atomic E-state index is -0.582. The quantitative estimate of drug-likeness (QED) is 0.568. The van der Waals surface area contributed by atoms with E-state index in [1.165, 1.54) is 6.07 Å². The molecule has 0 aliphatic heterocycles. The van der Waals surface area contributed by atoms with E-state index >= 15 is 0 Å². The molecule has 5 heteroatoms. The summed E-state index contributed by atoms with van der Waals surface area (Å²) in [4.78, 5) is 11.7. The van der Waals surface area contributed by atoms with Crippen molar-refractivity contribution in [3.63, 3.8) is 0 Å². The Bertz CT molecular complexity index is 832. The molecular formula is C20H24O5. The predicted molar refractivity (Wildman–Crippen MR) is 97.9 cm³/mol. The number of aryl methyl sites for hydroxylation is 1. The Morgan fingerprint density at radius 2 is 2.20 bits per heavy atom. The molecule has 0 aliphatic rings. The van der Waals surface area contributed by atoms with Crippen molar-refractivity contribution in [2.45, 2.75) is 32.8 Å². The molecule has 0 unspecified atom stereocenters. The summed E-state index contributed by atoms with van der Waals surface area (Å²) in [7, 11) is 0. The lowest BCUT2D eigenvalue weighted by Gasteiger charge is -2.12. The van der Waals surface area contributed by atoms with Crippen LogP contribution in [-0.4, -0.2) is 29.5 Å². The number of fused-ring (bicyclic) bond motifs is 1. The zero-order chi connectivity index (χ0) is 18.4. The lowest BCUT2D eigenvalue weighted by Crippen LogP contribution is -2.09. The smallest absolute Gasteiger partial charge is 0.339 e. The van der Waals surface area contributed by atoms with Crippen LogP contribution in [0.5, 0.6) is 5.75 Å². The standard InChI is InChI=1S/C20H24O5/c1-13(2)16(22)8-7-15(12-21)9-10-24-18-11-19(23)25-17-6-4-5-14(3)20(17)18/h4-6,9,11,16,21-22H,1,7-8,10,12H2,2-3H3/b15-9-/t16-/m0/s1. The van der Waals surface area contributed by atoms with Crippen LogP contribution in [0.1, 0.15) is 25.3 Å². The number of hydrogen-bond donors (Lipinski definition) is 2. The average molecular weight is 344 g/mol. The van der Waals surface area contributed by atoms with E-state index in [1.807, 2.05) is 19.1 Å². The predicted octanol–water partition coefficient (Wildman–Crippen LogP) is 3.12. The van der Waals surface area contributed by atoms with Gasteiger partial charge in [-0.25, -0.2) is 4.79 Å². The molecule has 134 valence electrons. The van der Waals surface area contributed by atoms with Gasteiger partial charge >= 0.3 is 5.63 Å². The molecule has 0 saturated carbocycles. The van der Waals surface area contributed by atoms with E-state index in [-0.39, 0.29) is 13.2 Å². The summed E-state index contributed by atoms with van der Waals surface area (Å²) in [6, 6.07) is 6.79. The molecule has 0 aliphatic carbocycles. The lowest BCUT2D eigenvalue weighted by atomic mass is 10.0. The first-order valence-corrected chi connectivity index (χ1v) is 8.21. The summed E-state index contributed by atoms with van der Waals surface area (Å²) >= 11 is 0. The Hall–Kier alpha value is -2.37. The Balaban J connectivity index is 2.11. The summed E-state index contributed by atoms with van der Waals surface area (Å²) in [5, 5.41) is 20.0. The Morgan fingerprint density at radius 3 is 2.88 bits per heavy atom. The Morgan fingerprint density at radius 1 is 1.44 bits per heavy atom. The first kappa shape index (κ1) is 19.0. The van der Waals surface area contributed by atoms with Crippen molar-refractivity contribution in [3.8, 4) is 5.75 Å². The van der Waals surface area contributed by atoms with Crippen LogP contribution in [0.25, 0.3) is 11.0 Å². The third kappa shape index (κ3) is 5.05. The lowest BCUT2D eigenvalue weighted by molar-refractivity contribution is 0.198. The van der Waals surface area contributed by atoms with E-state index in [0.29, 0.717) is 29.7 Å². The SMILES string of the molecule is C=C(C)[C@@H](O)CC/C(=C/COc1cc(=O)oc2cccc(C)c12)CO. The minimum Gasteiger partial charge on any atom is -0.488 e. The van der Waals surface area contributed by atoms with Crippen molar-refractivity contribution in [2.24, 2.45) is 0 Å². The van der Waals surface area contributed by atoms with Gasteiger partial charge in [0.05, 0.1) is 24.2 Å². The summed E-state index contributed by atoms with van der Waals surface area (Å²) < 4.78 is 10.9. The third-order valence-corrected chi connectivity index (χ3v) is 4.06. The number of ether oxygens (including phenoxy) is 1. The molecule has 0 bridgehead atoms. The molecule has 2 N–H and O–H groups in total. The van der Waals surface area contributed by atoms with Crippen LogP contribution in [0.3, 0.4) is 0 Å². The minimum absolute atomic E-state index is 0.108. The van der Waals surface area contributed by atoms with Gasteiger partial charge < -0.3 is 19.4 Å². The second-order valence-electron chi connectivity index (χ2n) is 6.11. The monoisotopic (exact) mass is 344 g/mol. The summed E-state index contributed by atoms with van der Waals surface area (Å²) in [5.41, 5.74) is 2.44. The van der Waals surface area contributed by atoms with Crippen molar-refractivity contribution < 1.29 is 19.4 Å². The van der Waals surface area contributed by atoms with E-state index in [9.17, 15) is 15.0 Å². The third-order valence-electron chi connectivity index (χ3n) is 4.06. The van der Waals surface area contributed by atoms with E-state index in [0.717, 1.165) is 16.5 Å². The van der Waals surface area contributed by atoms with Crippen LogP contribution in [0.4, 0.5) is 0 Å². The second-order valence-corrected chi connectivity index (χ2v) is 6.11. The van der Waals surface area contributed by atoms with Gasteiger partial charge in [-0.15, -0.1) is 0 Å². The zero-order valence-corrected chi connectivity index (χ0v) is 14.6. The van der Waals surface area contributed by atoms with E-state index in [4.69, 9.17) is 9.15 Å². The molecule has 0 amide bonds. The first-order chi connectivity index (χ1) is 11.9. The molecule has 1 heterocycles. The normalized spacial score (nSPS) is 13.0. The van der Waals surface area contributed by atoms with Crippen LogP contribution >= 0.6 is 0 Å². The fraction of sp³-hybridized carbons (Fsp3) is 0.350. The topological polar surface area (TPSA) is 79.9 Å². The molecule has 2 aromatic rings. The Kier molecular flexibility index (Phi) is 6.56. The number of aliphatic hydroxyl groups is 2. The fourth-order valence-corrected chi connectivity index (χ4v) is 2.54. The van der Waals surface area contributed by atoms with Gasteiger partial charge in [-0.3, -0.25) is 0 Å². The van der Waals surface area contributed by atoms with Crippen LogP contribution < -0.4 is 10.4 Å². The summed E-state index contributed by atoms with van der Waals surface area (Å²) in [6.45, 7) is 7.51. The van der Waals surface area contributed by atoms with Gasteiger partial charge in [0.15, 0.2) is 0 Å². The van der Waals surface area contributed by atoms with Crippen molar-refractivity contribution in [2.75, 3.05) is 13.2 Å². The van der Waals surface area contributed by atoms with E-state index in [2.05, 4.69) is 6.58 Å². The van der Waals surface area contributed by atoms with Crippen molar-refractivity contribution in [1.29, 1.82) is 0 Å². The number of hydrogen-bond acceptors (Lipinski definition) is 5. The van der Waals surface area contributed by atoms with Gasteiger partial charge in [0.25, 0.3) is 0 Å². The molecule has 0 fully saturated rings. The average Bonchev–Trinajstić information content (AvgIpc) is 2.57. The van der Waals surface area contributed by atoms with Crippen molar-refractivity contribution >= 4 is 11.0 Å². The molecule has 1 atom stereocenters. The maximum absolute atomic E-state index is 11.7. The Labute approximate surface area is 146 Å². The first-order valence-electron chi connectivity index (χ1n) is 8.21. The van der Waals surface area contributed by atoms with Gasteiger partial charge in [0.2, 0.25) is 0 Å². The number of benzene rings is 1. The molecule has 5 nitrogen and oxygen atoms in total. The highest BCUT2D eigenvalue weighted by atomic mass is 16.5. The van der Waals surface area contributed by atoms with Gasteiger partial charge in [-0.1, -0.05) is 24.3 Å². The molecule has 2 rings (SSSR count). The molecule has 0 radical (unpaired) electrons. The van der Waals surface area contributed by atoms with Crippen LogP contribution in [0.15, 0.2) is 57.3 Å². The highest BCUT2D eigenvalue weighted by Gasteiger charge is 2.09. The number of aliphatic hydroxyl groups excluding tert-OH is 2. The molecule has 0 spiro atoms. The molecule has 1 aromatic carbocycles. The van der Waals surface area contributed by atoms with Gasteiger partial charge in [0.1, 0.15) is 17.9 Å². The van der Waals surface area contributed by atoms with Crippen molar-refractivity contribution in [1.82, 2.24) is 0 Å². The van der Waals surface area contributed by atoms with Crippen LogP contribution in [0.2, 0.25) is 0 Å². The largest absolute Gasteiger partial charge is 0.488 e. The molecule has 25 heavy (non-hydrogen) atoms. The maximum atomic E-state index is 11.7. The number of rotatable bonds is 8. The fourth-order valence-electron chi connectivity index (χ4n) is 2.54. The summed E-state index contributed by atoms with van der Waals surface area (Å²) in [5.74, 6) is 0.458. The van der Waals surface area contributed by atoms with Crippen molar-refractivity contribution in [3.05, 3.63) is 64.1 Å². The zero-order valence-electron chi connectivity index (χ0n) is 14.6. The second kappa shape index (κ2) is 8.65. The highest BCUT2D eigenvalue weighted by Crippen LogP contribution is 2.27. The highest BCUT2D eigenvalue weighted by molar-refractivity contribution is 5.86. The van der Waals surface area contributed by atoms with Gasteiger partial charge in [0, 0.05) is 0 Å². The summed E-state index contributed by atoms with van der Waals surface area (Å²) in [6.07, 6.45) is 2.23. The molecule has 0 saturated heterocycles.